The third-order valence-electron chi connectivity index (χ3n) is 6.15. The van der Waals surface area contributed by atoms with Gasteiger partial charge in [0, 0.05) is 13.2 Å². The molecule has 0 saturated heterocycles. The molecule has 0 spiro atoms. The normalized spacial score (nSPS) is 11.4. The fourth-order valence-electron chi connectivity index (χ4n) is 4.42. The first-order valence-corrected chi connectivity index (χ1v) is 12.3. The summed E-state index contributed by atoms with van der Waals surface area (Å²) in [5.74, 6) is 0. The molecule has 4 rings (SSSR count). The van der Waals surface area contributed by atoms with Gasteiger partial charge in [-0.15, -0.1) is 0 Å². The zero-order valence-electron chi connectivity index (χ0n) is 19.8. The molecule has 2 nitrogen and oxygen atoms in total. The number of rotatable bonds is 13. The van der Waals surface area contributed by atoms with Crippen LogP contribution in [0.4, 0.5) is 0 Å². The Bertz CT molecular complexity index is 966. The summed E-state index contributed by atoms with van der Waals surface area (Å²) in [6.45, 7) is 2.19. The van der Waals surface area contributed by atoms with E-state index < -0.39 is 5.60 Å². The van der Waals surface area contributed by atoms with Crippen molar-refractivity contribution in [3.05, 3.63) is 144 Å². The van der Waals surface area contributed by atoms with Gasteiger partial charge < -0.3 is 9.47 Å². The molecule has 0 atom stereocenters. The SMILES string of the molecule is c1ccc(COCCCCCCOC(c2ccccc2)(c2ccccc2)c2ccccc2)cc1. The van der Waals surface area contributed by atoms with Crippen molar-refractivity contribution in [2.75, 3.05) is 13.2 Å². The summed E-state index contributed by atoms with van der Waals surface area (Å²) in [4.78, 5) is 0. The lowest BCUT2D eigenvalue weighted by Crippen LogP contribution is -2.33. The van der Waals surface area contributed by atoms with Crippen LogP contribution in [-0.2, 0) is 21.7 Å². The third kappa shape index (κ3) is 6.22. The lowest BCUT2D eigenvalue weighted by molar-refractivity contribution is 0.0104. The first-order chi connectivity index (χ1) is 16.9. The minimum Gasteiger partial charge on any atom is -0.377 e. The molecule has 0 aliphatic heterocycles. The van der Waals surface area contributed by atoms with Crippen LogP contribution in [0.15, 0.2) is 121 Å². The van der Waals surface area contributed by atoms with Crippen LogP contribution < -0.4 is 0 Å². The van der Waals surface area contributed by atoms with Crippen molar-refractivity contribution in [1.29, 1.82) is 0 Å². The van der Waals surface area contributed by atoms with E-state index in [0.29, 0.717) is 13.2 Å². The number of hydrogen-bond donors (Lipinski definition) is 0. The predicted octanol–water partition coefficient (Wildman–Crippen LogP) is 7.77. The highest BCUT2D eigenvalue weighted by molar-refractivity contribution is 5.47. The van der Waals surface area contributed by atoms with Gasteiger partial charge in [0.25, 0.3) is 0 Å². The number of ether oxygens (including phenoxy) is 2. The predicted molar refractivity (Wildman–Crippen MR) is 140 cm³/mol. The molecule has 34 heavy (non-hydrogen) atoms. The van der Waals surface area contributed by atoms with Crippen LogP contribution in [0.25, 0.3) is 0 Å². The number of benzene rings is 4. The standard InChI is InChI=1S/C32H34O2/c1(15-25-33-27-28-17-7-3-8-18-28)2-16-26-34-32(29-19-9-4-10-20-29,30-21-11-5-12-22-30)31-23-13-6-14-24-31/h3-14,17-24H,1-2,15-16,25-27H2. The molecular weight excluding hydrogens is 416 g/mol. The molecule has 2 heteroatoms. The van der Waals surface area contributed by atoms with Crippen molar-refractivity contribution in [2.45, 2.75) is 37.9 Å². The fourth-order valence-corrected chi connectivity index (χ4v) is 4.42. The van der Waals surface area contributed by atoms with E-state index in [1.807, 2.05) is 6.07 Å². The Morgan fingerprint density at radius 2 is 0.853 bits per heavy atom. The van der Waals surface area contributed by atoms with E-state index >= 15 is 0 Å². The number of unbranched alkanes of at least 4 members (excludes halogenated alkanes) is 3. The smallest absolute Gasteiger partial charge is 0.143 e. The van der Waals surface area contributed by atoms with Crippen LogP contribution in [0, 0.1) is 0 Å². The highest BCUT2D eigenvalue weighted by Gasteiger charge is 2.37. The molecule has 0 saturated carbocycles. The highest BCUT2D eigenvalue weighted by Crippen LogP contribution is 2.40. The molecule has 0 unspecified atom stereocenters. The van der Waals surface area contributed by atoms with Crippen LogP contribution in [0.1, 0.15) is 47.9 Å². The summed E-state index contributed by atoms with van der Waals surface area (Å²) in [6.07, 6.45) is 4.37. The maximum atomic E-state index is 6.84. The second-order valence-electron chi connectivity index (χ2n) is 8.58. The average molecular weight is 451 g/mol. The van der Waals surface area contributed by atoms with E-state index in [-0.39, 0.29) is 0 Å². The Morgan fingerprint density at radius 3 is 1.32 bits per heavy atom. The van der Waals surface area contributed by atoms with Crippen molar-refractivity contribution < 1.29 is 9.47 Å². The molecule has 4 aromatic rings. The van der Waals surface area contributed by atoms with E-state index in [1.165, 1.54) is 5.56 Å². The first kappa shape index (κ1) is 23.9. The Morgan fingerprint density at radius 1 is 0.441 bits per heavy atom. The summed E-state index contributed by atoms with van der Waals surface area (Å²) in [5.41, 5.74) is 4.07. The molecule has 0 aliphatic carbocycles. The molecule has 0 aliphatic rings. The summed E-state index contributed by atoms with van der Waals surface area (Å²) in [7, 11) is 0. The molecule has 0 fully saturated rings. The van der Waals surface area contributed by atoms with Gasteiger partial charge in [-0.1, -0.05) is 134 Å². The zero-order chi connectivity index (χ0) is 23.3. The Kier molecular flexibility index (Phi) is 9.07. The molecule has 4 aromatic carbocycles. The van der Waals surface area contributed by atoms with Crippen molar-refractivity contribution in [1.82, 2.24) is 0 Å². The van der Waals surface area contributed by atoms with Crippen molar-refractivity contribution >= 4 is 0 Å². The van der Waals surface area contributed by atoms with Crippen LogP contribution in [0.2, 0.25) is 0 Å². The lowest BCUT2D eigenvalue weighted by atomic mass is 9.80. The molecule has 0 bridgehead atoms. The lowest BCUT2D eigenvalue weighted by Gasteiger charge is -2.36. The Labute approximate surface area is 204 Å². The first-order valence-electron chi connectivity index (χ1n) is 12.3. The Hall–Kier alpha value is -3.20. The molecule has 0 amide bonds. The molecule has 0 aromatic heterocycles. The van der Waals surface area contributed by atoms with E-state index in [0.717, 1.165) is 49.0 Å². The van der Waals surface area contributed by atoms with Gasteiger partial charge in [-0.25, -0.2) is 0 Å². The summed E-state index contributed by atoms with van der Waals surface area (Å²) in [6, 6.07) is 42.1. The average Bonchev–Trinajstić information content (AvgIpc) is 2.92. The van der Waals surface area contributed by atoms with E-state index in [4.69, 9.17) is 9.47 Å². The second kappa shape index (κ2) is 12.9. The van der Waals surface area contributed by atoms with Crippen molar-refractivity contribution in [2.24, 2.45) is 0 Å². The Balaban J connectivity index is 1.36. The minimum absolute atomic E-state index is 0.622. The summed E-state index contributed by atoms with van der Waals surface area (Å²) >= 11 is 0. The molecule has 174 valence electrons. The van der Waals surface area contributed by atoms with E-state index in [9.17, 15) is 0 Å². The van der Waals surface area contributed by atoms with Crippen molar-refractivity contribution in [3.63, 3.8) is 0 Å². The van der Waals surface area contributed by atoms with Gasteiger partial charge >= 0.3 is 0 Å². The van der Waals surface area contributed by atoms with Crippen LogP contribution in [-0.4, -0.2) is 13.2 Å². The van der Waals surface area contributed by atoms with Crippen LogP contribution in [0.3, 0.4) is 0 Å². The van der Waals surface area contributed by atoms with Gasteiger partial charge in [0.1, 0.15) is 5.60 Å². The van der Waals surface area contributed by atoms with Gasteiger partial charge in [0.2, 0.25) is 0 Å². The van der Waals surface area contributed by atoms with E-state index in [1.54, 1.807) is 0 Å². The molecule has 0 N–H and O–H groups in total. The molecular formula is C32H34O2. The van der Waals surface area contributed by atoms with Gasteiger partial charge in [0.15, 0.2) is 0 Å². The van der Waals surface area contributed by atoms with Gasteiger partial charge in [0.05, 0.1) is 6.61 Å². The van der Waals surface area contributed by atoms with Gasteiger partial charge in [-0.05, 0) is 35.1 Å². The highest BCUT2D eigenvalue weighted by atomic mass is 16.5. The summed E-state index contributed by atoms with van der Waals surface area (Å²) < 4.78 is 12.7. The second-order valence-corrected chi connectivity index (χ2v) is 8.58. The van der Waals surface area contributed by atoms with Crippen LogP contribution in [0.5, 0.6) is 0 Å². The largest absolute Gasteiger partial charge is 0.377 e. The maximum Gasteiger partial charge on any atom is 0.143 e. The van der Waals surface area contributed by atoms with Gasteiger partial charge in [-0.2, -0.15) is 0 Å². The third-order valence-corrected chi connectivity index (χ3v) is 6.15. The maximum absolute atomic E-state index is 6.84. The minimum atomic E-state index is -0.622. The van der Waals surface area contributed by atoms with E-state index in [2.05, 4.69) is 115 Å². The summed E-state index contributed by atoms with van der Waals surface area (Å²) in [5, 5.41) is 0. The number of hydrogen-bond acceptors (Lipinski definition) is 2. The monoisotopic (exact) mass is 450 g/mol. The molecule has 0 radical (unpaired) electrons. The quantitative estimate of drug-likeness (QED) is 0.153. The van der Waals surface area contributed by atoms with Gasteiger partial charge in [-0.3, -0.25) is 0 Å². The zero-order valence-corrected chi connectivity index (χ0v) is 19.8. The fraction of sp³-hybridized carbons (Fsp3) is 0.250. The van der Waals surface area contributed by atoms with Crippen molar-refractivity contribution in [3.8, 4) is 0 Å². The topological polar surface area (TPSA) is 18.5 Å². The van der Waals surface area contributed by atoms with Crippen LogP contribution >= 0.6 is 0 Å². The molecule has 0 heterocycles.